The van der Waals surface area contributed by atoms with E-state index in [1.165, 1.54) is 73.4 Å². The van der Waals surface area contributed by atoms with Crippen LogP contribution in [-0.2, 0) is 0 Å². The fourth-order valence-corrected chi connectivity index (χ4v) is 9.66. The van der Waals surface area contributed by atoms with Crippen LogP contribution < -0.4 is 4.90 Å². The van der Waals surface area contributed by atoms with Crippen molar-refractivity contribution in [2.24, 2.45) is 0 Å². The van der Waals surface area contributed by atoms with Crippen LogP contribution in [0.3, 0.4) is 0 Å². The first-order chi connectivity index (χ1) is 24.3. The van der Waals surface area contributed by atoms with E-state index in [0.717, 1.165) is 17.1 Å². The van der Waals surface area contributed by atoms with Crippen LogP contribution in [-0.4, -0.2) is 0 Å². The third-order valence-corrected chi connectivity index (χ3v) is 12.0. The molecule has 10 aromatic rings. The van der Waals surface area contributed by atoms with Crippen LogP contribution in [0.1, 0.15) is 0 Å². The Bertz CT molecular complexity index is 2810. The summed E-state index contributed by atoms with van der Waals surface area (Å²) in [5.74, 6) is 0. The van der Waals surface area contributed by atoms with E-state index in [0.29, 0.717) is 0 Å². The van der Waals surface area contributed by atoms with Crippen LogP contribution in [0.2, 0.25) is 0 Å². The van der Waals surface area contributed by atoms with Crippen molar-refractivity contribution in [3.63, 3.8) is 0 Å². The molecule has 49 heavy (non-hydrogen) atoms. The van der Waals surface area contributed by atoms with Gasteiger partial charge in [-0.1, -0.05) is 121 Å². The van der Waals surface area contributed by atoms with Crippen LogP contribution in [0, 0.1) is 0 Å². The summed E-state index contributed by atoms with van der Waals surface area (Å²) in [6.45, 7) is 0. The SMILES string of the molecule is c1ccc(-c2ccc(N(c3ccc(-c4cccc5c4sc4ccc6ccccc6c45)cc3)c3ccc4sc5ccccc5c4c3)cc2)cc1. The second kappa shape index (κ2) is 11.5. The Hall–Kier alpha value is -5.74. The first-order valence-electron chi connectivity index (χ1n) is 16.6. The molecular weight excluding hydrogens is 631 g/mol. The molecule has 0 amide bonds. The highest BCUT2D eigenvalue weighted by atomic mass is 32.1. The standard InChI is InChI=1S/C46H29NS2/c1-2-9-30(10-3-1)31-17-22-34(23-18-31)47(36-26-28-43-41(29-36)39-13-6-7-16-42(39)48-43)35-24-19-33(20-25-35)38-14-8-15-40-45-37-12-5-4-11-32(37)21-27-44(45)49-46(38)40/h1-29H. The van der Waals surface area contributed by atoms with E-state index in [9.17, 15) is 0 Å². The summed E-state index contributed by atoms with van der Waals surface area (Å²) in [6, 6.07) is 64.3. The molecular formula is C46H29NS2. The van der Waals surface area contributed by atoms with E-state index in [4.69, 9.17) is 0 Å². The predicted octanol–water partition coefficient (Wildman–Crippen LogP) is 14.4. The molecule has 0 saturated carbocycles. The molecule has 8 aromatic carbocycles. The molecule has 230 valence electrons. The highest BCUT2D eigenvalue weighted by molar-refractivity contribution is 7.26. The summed E-state index contributed by atoms with van der Waals surface area (Å²) in [6.07, 6.45) is 0. The maximum Gasteiger partial charge on any atom is 0.0468 e. The smallest absolute Gasteiger partial charge is 0.0468 e. The van der Waals surface area contributed by atoms with Gasteiger partial charge in [0, 0.05) is 57.4 Å². The highest BCUT2D eigenvalue weighted by Gasteiger charge is 2.17. The Morgan fingerprint density at radius 2 is 0.959 bits per heavy atom. The molecule has 0 aliphatic rings. The molecule has 0 bridgehead atoms. The summed E-state index contributed by atoms with van der Waals surface area (Å²) >= 11 is 3.75. The number of hydrogen-bond acceptors (Lipinski definition) is 3. The highest BCUT2D eigenvalue weighted by Crippen LogP contribution is 2.44. The average molecular weight is 660 g/mol. The van der Waals surface area contributed by atoms with E-state index in [2.05, 4.69) is 181 Å². The summed E-state index contributed by atoms with van der Waals surface area (Å²) < 4.78 is 5.30. The van der Waals surface area contributed by atoms with E-state index in [1.54, 1.807) is 0 Å². The number of rotatable bonds is 5. The number of benzene rings is 8. The van der Waals surface area contributed by atoms with Crippen molar-refractivity contribution in [2.75, 3.05) is 4.90 Å². The lowest BCUT2D eigenvalue weighted by Gasteiger charge is -2.26. The van der Waals surface area contributed by atoms with Gasteiger partial charge < -0.3 is 4.90 Å². The lowest BCUT2D eigenvalue weighted by atomic mass is 9.99. The Balaban J connectivity index is 1.10. The summed E-state index contributed by atoms with van der Waals surface area (Å²) in [7, 11) is 0. The van der Waals surface area contributed by atoms with Gasteiger partial charge in [0.25, 0.3) is 0 Å². The normalized spacial score (nSPS) is 11.7. The van der Waals surface area contributed by atoms with Gasteiger partial charge in [0.2, 0.25) is 0 Å². The third-order valence-electron chi connectivity index (χ3n) is 9.67. The molecule has 0 radical (unpaired) electrons. The van der Waals surface area contributed by atoms with E-state index < -0.39 is 0 Å². The minimum atomic E-state index is 1.13. The van der Waals surface area contributed by atoms with Crippen LogP contribution in [0.5, 0.6) is 0 Å². The molecule has 0 aliphatic carbocycles. The van der Waals surface area contributed by atoms with Crippen molar-refractivity contribution in [3.8, 4) is 22.3 Å². The summed E-state index contributed by atoms with van der Waals surface area (Å²) in [5, 5.41) is 7.90. The van der Waals surface area contributed by atoms with Crippen LogP contribution in [0.15, 0.2) is 176 Å². The van der Waals surface area contributed by atoms with Crippen LogP contribution >= 0.6 is 22.7 Å². The molecule has 0 unspecified atom stereocenters. The zero-order valence-electron chi connectivity index (χ0n) is 26.5. The van der Waals surface area contributed by atoms with Crippen molar-refractivity contribution in [3.05, 3.63) is 176 Å². The molecule has 0 atom stereocenters. The zero-order valence-corrected chi connectivity index (χ0v) is 28.1. The Morgan fingerprint density at radius 3 is 1.78 bits per heavy atom. The van der Waals surface area contributed by atoms with Gasteiger partial charge in [-0.15, -0.1) is 22.7 Å². The van der Waals surface area contributed by atoms with Gasteiger partial charge in [0.05, 0.1) is 0 Å². The molecule has 0 fully saturated rings. The molecule has 2 heterocycles. The molecule has 0 N–H and O–H groups in total. The van der Waals surface area contributed by atoms with Gasteiger partial charge >= 0.3 is 0 Å². The fraction of sp³-hybridized carbons (Fsp3) is 0. The largest absolute Gasteiger partial charge is 0.310 e. The van der Waals surface area contributed by atoms with E-state index in [-0.39, 0.29) is 0 Å². The molecule has 0 aliphatic heterocycles. The fourth-order valence-electron chi connectivity index (χ4n) is 7.32. The lowest BCUT2D eigenvalue weighted by Crippen LogP contribution is -2.09. The molecule has 2 aromatic heterocycles. The quantitative estimate of drug-likeness (QED) is 0.178. The van der Waals surface area contributed by atoms with Crippen molar-refractivity contribution in [1.29, 1.82) is 0 Å². The molecule has 10 rings (SSSR count). The van der Waals surface area contributed by atoms with Crippen LogP contribution in [0.25, 0.3) is 73.4 Å². The maximum absolute atomic E-state index is 2.39. The van der Waals surface area contributed by atoms with Crippen molar-refractivity contribution in [2.45, 2.75) is 0 Å². The molecule has 0 spiro atoms. The van der Waals surface area contributed by atoms with Crippen molar-refractivity contribution >= 4 is 90.9 Å². The number of nitrogens with zero attached hydrogens (tertiary/aromatic N) is 1. The zero-order chi connectivity index (χ0) is 32.3. The van der Waals surface area contributed by atoms with Gasteiger partial charge in [0.15, 0.2) is 0 Å². The summed E-state index contributed by atoms with van der Waals surface area (Å²) in [4.78, 5) is 2.39. The Kier molecular flexibility index (Phi) is 6.61. The molecule has 1 nitrogen and oxygen atoms in total. The second-order valence-electron chi connectivity index (χ2n) is 12.5. The van der Waals surface area contributed by atoms with Gasteiger partial charge in [-0.05, 0) is 87.6 Å². The predicted molar refractivity (Wildman–Crippen MR) is 215 cm³/mol. The maximum atomic E-state index is 2.39. The number of thiophene rings is 2. The van der Waals surface area contributed by atoms with Crippen molar-refractivity contribution < 1.29 is 0 Å². The molecule has 3 heteroatoms. The first-order valence-corrected chi connectivity index (χ1v) is 18.2. The number of fused-ring (bicyclic) bond motifs is 8. The topological polar surface area (TPSA) is 3.24 Å². The van der Waals surface area contributed by atoms with Gasteiger partial charge in [0.1, 0.15) is 0 Å². The second-order valence-corrected chi connectivity index (χ2v) is 14.7. The Morgan fingerprint density at radius 1 is 0.347 bits per heavy atom. The minimum Gasteiger partial charge on any atom is -0.310 e. The first kappa shape index (κ1) is 28.3. The monoisotopic (exact) mass is 659 g/mol. The van der Waals surface area contributed by atoms with Gasteiger partial charge in [-0.3, -0.25) is 0 Å². The minimum absolute atomic E-state index is 1.13. The third kappa shape index (κ3) is 4.74. The van der Waals surface area contributed by atoms with E-state index in [1.807, 2.05) is 22.7 Å². The van der Waals surface area contributed by atoms with Crippen molar-refractivity contribution in [1.82, 2.24) is 0 Å². The van der Waals surface area contributed by atoms with E-state index >= 15 is 0 Å². The number of anilines is 3. The number of hydrogen-bond donors (Lipinski definition) is 0. The van der Waals surface area contributed by atoms with Gasteiger partial charge in [-0.25, -0.2) is 0 Å². The van der Waals surface area contributed by atoms with Crippen LogP contribution in [0.4, 0.5) is 17.1 Å². The Labute approximate surface area is 292 Å². The lowest BCUT2D eigenvalue weighted by molar-refractivity contribution is 1.29. The average Bonchev–Trinajstić information content (AvgIpc) is 3.75. The van der Waals surface area contributed by atoms with Gasteiger partial charge in [-0.2, -0.15) is 0 Å². The summed E-state index contributed by atoms with van der Waals surface area (Å²) in [5.41, 5.74) is 8.34. The molecule has 0 saturated heterocycles.